The maximum Gasteiger partial charge on any atom is 0.324 e. The molecule has 3 heterocycles. The number of rotatable bonds is 6. The highest BCUT2D eigenvalue weighted by molar-refractivity contribution is 7.89. The lowest BCUT2D eigenvalue weighted by molar-refractivity contribution is -0.150. The standard InChI is InChI=1S/C19H19N3O5S2/c23-19(26-13-17-20-18(27-21-17)16-10-6-12-28-16)15-9-4-5-11-22(15)29(24,25)14-7-2-1-3-8-14/h1-3,6-8,10,12,15H,4-5,9,11,13H2. The molecule has 0 N–H and O–H groups in total. The van der Waals surface area contributed by atoms with Crippen LogP contribution in [-0.4, -0.2) is 41.4 Å². The molecule has 0 spiro atoms. The monoisotopic (exact) mass is 433 g/mol. The van der Waals surface area contributed by atoms with Crippen LogP contribution < -0.4 is 0 Å². The Kier molecular flexibility index (Phi) is 5.74. The summed E-state index contributed by atoms with van der Waals surface area (Å²) in [6.07, 6.45) is 1.87. The highest BCUT2D eigenvalue weighted by atomic mass is 32.2. The molecular weight excluding hydrogens is 414 g/mol. The molecule has 0 aliphatic carbocycles. The van der Waals surface area contributed by atoms with Gasteiger partial charge in [-0.25, -0.2) is 8.42 Å². The molecule has 29 heavy (non-hydrogen) atoms. The zero-order chi connectivity index (χ0) is 20.3. The van der Waals surface area contributed by atoms with Gasteiger partial charge in [-0.3, -0.25) is 4.79 Å². The average molecular weight is 434 g/mol. The second kappa shape index (κ2) is 8.44. The van der Waals surface area contributed by atoms with Gasteiger partial charge >= 0.3 is 5.97 Å². The molecule has 1 aliphatic heterocycles. The largest absolute Gasteiger partial charge is 0.456 e. The Hall–Kier alpha value is -2.56. The van der Waals surface area contributed by atoms with Crippen LogP contribution in [-0.2, 0) is 26.2 Å². The van der Waals surface area contributed by atoms with Crippen LogP contribution >= 0.6 is 11.3 Å². The van der Waals surface area contributed by atoms with Gasteiger partial charge in [0.1, 0.15) is 6.04 Å². The summed E-state index contributed by atoms with van der Waals surface area (Å²) in [5, 5.41) is 5.71. The highest BCUT2D eigenvalue weighted by Gasteiger charge is 2.38. The highest BCUT2D eigenvalue weighted by Crippen LogP contribution is 2.27. The van der Waals surface area contributed by atoms with Gasteiger partial charge in [0.05, 0.1) is 9.77 Å². The number of aromatic nitrogens is 2. The zero-order valence-electron chi connectivity index (χ0n) is 15.4. The Balaban J connectivity index is 1.45. The van der Waals surface area contributed by atoms with Crippen LogP contribution in [0.1, 0.15) is 25.1 Å². The van der Waals surface area contributed by atoms with E-state index in [1.54, 1.807) is 18.2 Å². The molecule has 1 saturated heterocycles. The van der Waals surface area contributed by atoms with Crippen molar-refractivity contribution < 1.29 is 22.5 Å². The van der Waals surface area contributed by atoms with Crippen LogP contribution in [0.15, 0.2) is 57.3 Å². The number of benzene rings is 1. The first-order valence-corrected chi connectivity index (χ1v) is 11.5. The van der Waals surface area contributed by atoms with Gasteiger partial charge in [-0.15, -0.1) is 11.3 Å². The Bertz CT molecular complexity index is 1060. The van der Waals surface area contributed by atoms with E-state index in [0.717, 1.165) is 11.3 Å². The summed E-state index contributed by atoms with van der Waals surface area (Å²) in [5.74, 6) is -0.0151. The van der Waals surface area contributed by atoms with Crippen molar-refractivity contribution in [3.63, 3.8) is 0 Å². The van der Waals surface area contributed by atoms with Crippen LogP contribution in [0.5, 0.6) is 0 Å². The molecule has 152 valence electrons. The minimum absolute atomic E-state index is 0.165. The number of hydrogen-bond acceptors (Lipinski definition) is 8. The van der Waals surface area contributed by atoms with Crippen molar-refractivity contribution >= 4 is 27.3 Å². The minimum atomic E-state index is -3.78. The summed E-state index contributed by atoms with van der Waals surface area (Å²) in [4.78, 5) is 17.9. The molecule has 3 aromatic rings. The first-order chi connectivity index (χ1) is 14.1. The van der Waals surface area contributed by atoms with Crippen LogP contribution in [0, 0.1) is 0 Å². The van der Waals surface area contributed by atoms with E-state index in [2.05, 4.69) is 10.1 Å². The molecular formula is C19H19N3O5S2. The third-order valence-corrected chi connectivity index (χ3v) is 7.40. The fourth-order valence-electron chi connectivity index (χ4n) is 3.20. The lowest BCUT2D eigenvalue weighted by atomic mass is 10.1. The molecule has 1 aromatic carbocycles. The van der Waals surface area contributed by atoms with E-state index in [1.165, 1.54) is 27.8 Å². The van der Waals surface area contributed by atoms with E-state index in [4.69, 9.17) is 9.26 Å². The maximum atomic E-state index is 13.0. The molecule has 8 nitrogen and oxygen atoms in total. The van der Waals surface area contributed by atoms with Gasteiger partial charge in [-0.05, 0) is 42.8 Å². The number of hydrogen-bond donors (Lipinski definition) is 0. The smallest absolute Gasteiger partial charge is 0.324 e. The lowest BCUT2D eigenvalue weighted by Gasteiger charge is -2.32. The van der Waals surface area contributed by atoms with Gasteiger partial charge in [-0.1, -0.05) is 29.4 Å². The molecule has 1 unspecified atom stereocenters. The average Bonchev–Trinajstić information content (AvgIpc) is 3.44. The predicted octanol–water partition coefficient (Wildman–Crippen LogP) is 3.08. The minimum Gasteiger partial charge on any atom is -0.456 e. The van der Waals surface area contributed by atoms with Crippen molar-refractivity contribution in [2.75, 3.05) is 6.54 Å². The van der Waals surface area contributed by atoms with Crippen LogP contribution in [0.2, 0.25) is 0 Å². The van der Waals surface area contributed by atoms with Gasteiger partial charge in [0.25, 0.3) is 5.89 Å². The Morgan fingerprint density at radius 3 is 2.79 bits per heavy atom. The molecule has 0 radical (unpaired) electrons. The molecule has 10 heteroatoms. The number of carbonyl (C=O) groups excluding carboxylic acids is 1. The van der Waals surface area contributed by atoms with E-state index in [0.29, 0.717) is 18.7 Å². The van der Waals surface area contributed by atoms with E-state index in [9.17, 15) is 13.2 Å². The molecule has 0 saturated carbocycles. The molecule has 0 amide bonds. The normalized spacial score (nSPS) is 17.9. The molecule has 1 fully saturated rings. The predicted molar refractivity (Wildman–Crippen MR) is 105 cm³/mol. The third-order valence-electron chi connectivity index (χ3n) is 4.62. The summed E-state index contributed by atoms with van der Waals surface area (Å²) >= 11 is 1.46. The molecule has 2 aromatic heterocycles. The van der Waals surface area contributed by atoms with Crippen molar-refractivity contribution in [1.29, 1.82) is 0 Å². The van der Waals surface area contributed by atoms with E-state index < -0.39 is 22.0 Å². The van der Waals surface area contributed by atoms with Gasteiger partial charge < -0.3 is 9.26 Å². The molecule has 1 aliphatic rings. The van der Waals surface area contributed by atoms with Crippen LogP contribution in [0.4, 0.5) is 0 Å². The second-order valence-corrected chi connectivity index (χ2v) is 9.38. The van der Waals surface area contributed by atoms with E-state index in [1.807, 2.05) is 17.5 Å². The number of thiophene rings is 1. The van der Waals surface area contributed by atoms with Crippen molar-refractivity contribution in [2.24, 2.45) is 0 Å². The van der Waals surface area contributed by atoms with Crippen molar-refractivity contribution in [1.82, 2.24) is 14.4 Å². The fraction of sp³-hybridized carbons (Fsp3) is 0.316. The Morgan fingerprint density at radius 1 is 1.21 bits per heavy atom. The second-order valence-electron chi connectivity index (χ2n) is 6.54. The van der Waals surface area contributed by atoms with Gasteiger partial charge in [0.15, 0.2) is 6.61 Å². The quantitative estimate of drug-likeness (QED) is 0.550. The van der Waals surface area contributed by atoms with E-state index >= 15 is 0 Å². The number of ether oxygens (including phenoxy) is 1. The first-order valence-electron chi connectivity index (χ1n) is 9.16. The molecule has 0 bridgehead atoms. The van der Waals surface area contributed by atoms with Crippen molar-refractivity contribution in [2.45, 2.75) is 36.8 Å². The Morgan fingerprint density at radius 2 is 2.03 bits per heavy atom. The number of esters is 1. The van der Waals surface area contributed by atoms with Crippen LogP contribution in [0.3, 0.4) is 0 Å². The topological polar surface area (TPSA) is 103 Å². The van der Waals surface area contributed by atoms with Crippen molar-refractivity contribution in [3.05, 3.63) is 53.7 Å². The fourth-order valence-corrected chi connectivity index (χ4v) is 5.51. The summed E-state index contributed by atoms with van der Waals surface area (Å²) in [5.41, 5.74) is 0. The SMILES string of the molecule is O=C(OCc1noc(-c2cccs2)n1)C1CCCCN1S(=O)(=O)c1ccccc1. The Labute approximate surface area is 172 Å². The van der Waals surface area contributed by atoms with Crippen LogP contribution in [0.25, 0.3) is 10.8 Å². The third kappa shape index (κ3) is 4.24. The van der Waals surface area contributed by atoms with Gasteiger partial charge in [-0.2, -0.15) is 9.29 Å². The van der Waals surface area contributed by atoms with Crippen molar-refractivity contribution in [3.8, 4) is 10.8 Å². The molecule has 4 rings (SSSR count). The first kappa shape index (κ1) is 19.7. The lowest BCUT2D eigenvalue weighted by Crippen LogP contribution is -2.48. The number of carbonyl (C=O) groups is 1. The maximum absolute atomic E-state index is 13.0. The summed E-state index contributed by atoms with van der Waals surface area (Å²) in [6.45, 7) is 0.102. The summed E-state index contributed by atoms with van der Waals surface area (Å²) in [6, 6.07) is 11.0. The number of sulfonamides is 1. The zero-order valence-corrected chi connectivity index (χ0v) is 17.1. The van der Waals surface area contributed by atoms with Gasteiger partial charge in [0.2, 0.25) is 15.8 Å². The van der Waals surface area contributed by atoms with Gasteiger partial charge in [0, 0.05) is 6.54 Å². The van der Waals surface area contributed by atoms with E-state index in [-0.39, 0.29) is 23.9 Å². The number of piperidine rings is 1. The summed E-state index contributed by atoms with van der Waals surface area (Å²) < 4.78 is 37.7. The number of nitrogens with zero attached hydrogens (tertiary/aromatic N) is 3. The summed E-state index contributed by atoms with van der Waals surface area (Å²) in [7, 11) is -3.78. The molecule has 1 atom stereocenters.